The van der Waals surface area contributed by atoms with Gasteiger partial charge in [0.05, 0.1) is 0 Å². The molecule has 0 fully saturated rings. The minimum atomic E-state index is 0. The van der Waals surface area contributed by atoms with Crippen LogP contribution >= 0.6 is 0 Å². The summed E-state index contributed by atoms with van der Waals surface area (Å²) >= 11 is 0. The van der Waals surface area contributed by atoms with Gasteiger partial charge in [0, 0.05) is 196 Å². The minimum absolute atomic E-state index is 0. The second-order valence-corrected chi connectivity index (χ2v) is 2.83. The van der Waals surface area contributed by atoms with Gasteiger partial charge in [-0.05, 0) is 0 Å². The second-order valence-electron chi connectivity index (χ2n) is 2.83. The first-order valence-corrected chi connectivity index (χ1v) is 12.4. The SMILES string of the molecule is CC.CC.CC.CC.CC.CC.CCC.CCC.CCC.CCC.[CH2-]C.[CH3-].[CH3-].[CH3-].[CH3-].[CH3-].[CH3-].[Y].[Y].[Y].[Y].[Y].[Y]. The van der Waals surface area contributed by atoms with Gasteiger partial charge in [0.2, 0.25) is 0 Å². The van der Waals surface area contributed by atoms with E-state index in [0.29, 0.717) is 0 Å². The van der Waals surface area contributed by atoms with E-state index >= 15 is 0 Å². The smallest absolute Gasteiger partial charge is 0 e. The summed E-state index contributed by atoms with van der Waals surface area (Å²) in [6.45, 7) is 46.0. The van der Waals surface area contributed by atoms with Crippen molar-refractivity contribution in [1.82, 2.24) is 0 Å². The molecule has 244 valence electrons. The van der Waals surface area contributed by atoms with E-state index in [9.17, 15) is 0 Å². The third kappa shape index (κ3) is 1680. The van der Waals surface area contributed by atoms with Crippen LogP contribution in [0, 0.1) is 51.5 Å². The van der Waals surface area contributed by atoms with Crippen LogP contribution in [-0.4, -0.2) is 0 Å². The molecule has 0 aliphatic heterocycles. The molecule has 0 aliphatic rings. The third-order valence-corrected chi connectivity index (χ3v) is 0. The van der Waals surface area contributed by atoms with E-state index in [1.807, 2.05) is 83.1 Å². The molecule has 0 aromatic heterocycles. The summed E-state index contributed by atoms with van der Waals surface area (Å²) in [5, 5.41) is 0. The van der Waals surface area contributed by atoms with Crippen molar-refractivity contribution in [2.24, 2.45) is 0 Å². The Morgan fingerprint density at radius 1 is 0.237 bits per heavy atom. The van der Waals surface area contributed by atoms with Crippen molar-refractivity contribution in [3.8, 4) is 0 Å². The van der Waals surface area contributed by atoms with E-state index in [1.54, 1.807) is 6.92 Å². The monoisotopic (exact) mass is 1010 g/mol. The summed E-state index contributed by atoms with van der Waals surface area (Å²) in [4.78, 5) is 0. The maximum absolute atomic E-state index is 3.25. The Bertz CT molecular complexity index is 31.9. The maximum Gasteiger partial charge on any atom is 0 e. The van der Waals surface area contributed by atoms with E-state index in [1.165, 1.54) is 25.7 Å². The van der Waals surface area contributed by atoms with E-state index < -0.39 is 0 Å². The van der Waals surface area contributed by atoms with E-state index in [0.717, 1.165) is 0 Å². The van der Waals surface area contributed by atoms with Crippen LogP contribution in [0.15, 0.2) is 0 Å². The summed E-state index contributed by atoms with van der Waals surface area (Å²) < 4.78 is 0. The van der Waals surface area contributed by atoms with Crippen molar-refractivity contribution in [3.63, 3.8) is 0 Å². The van der Waals surface area contributed by atoms with Gasteiger partial charge >= 0.3 is 0 Å². The quantitative estimate of drug-likeness (QED) is 0.212. The molecule has 0 N–H and O–H groups in total. The molecule has 38 heavy (non-hydrogen) atoms. The Morgan fingerprint density at radius 2 is 0.237 bits per heavy atom. The number of hydrogen-bond acceptors (Lipinski definition) is 0. The van der Waals surface area contributed by atoms with Crippen LogP contribution in [0.4, 0.5) is 0 Å². The summed E-state index contributed by atoms with van der Waals surface area (Å²) in [5.41, 5.74) is 0. The molecule has 0 heterocycles. The zero-order valence-corrected chi connectivity index (χ0v) is 51.0. The van der Waals surface area contributed by atoms with Crippen molar-refractivity contribution in [1.29, 1.82) is 0 Å². The minimum Gasteiger partial charge on any atom is -0.358 e. The van der Waals surface area contributed by atoms with Crippen molar-refractivity contribution < 1.29 is 196 Å². The fourth-order valence-electron chi connectivity index (χ4n) is 0. The molecule has 0 bridgehead atoms. The summed E-state index contributed by atoms with van der Waals surface area (Å²) in [6, 6.07) is 0. The van der Waals surface area contributed by atoms with Crippen LogP contribution in [0.2, 0.25) is 0 Å². The predicted octanol–water partition coefficient (Wildman–Crippen LogP) is 15.3. The molecule has 0 rings (SSSR count). The van der Waals surface area contributed by atoms with Gasteiger partial charge in [-0.1, -0.05) is 164 Å². The average molecular weight is 1010 g/mol. The first kappa shape index (κ1) is 182. The fraction of sp³-hybridized carbons (Fsp3) is 0.781. The van der Waals surface area contributed by atoms with Gasteiger partial charge in [-0.3, -0.25) is 0 Å². The Morgan fingerprint density at radius 3 is 0.237 bits per heavy atom. The van der Waals surface area contributed by atoms with Crippen LogP contribution in [0.25, 0.3) is 0 Å². The zero-order valence-electron chi connectivity index (χ0n) is 34.0. The molecular weight excluding hydrogens is 918 g/mol. The van der Waals surface area contributed by atoms with Crippen LogP contribution in [0.3, 0.4) is 0 Å². The molecule has 0 atom stereocenters. The van der Waals surface area contributed by atoms with Gasteiger partial charge in [-0.25, -0.2) is 0 Å². The standard InChI is InChI=1S/4C3H8.6C2H6.C2H5.6CH3.6Y/c4*1-3-2;7*1-2;;;;;;;;;;;;/h4*3H2,1-2H3;6*1-2H3;1H2,2H3;6*1H3;;;;;;/q;;;;;;;;;;7*-1;;;;;;. The van der Waals surface area contributed by atoms with Crippen LogP contribution < -0.4 is 0 Å². The summed E-state index contributed by atoms with van der Waals surface area (Å²) in [6.07, 6.45) is 5.00. The van der Waals surface area contributed by atoms with Gasteiger partial charge in [0.1, 0.15) is 0 Å². The van der Waals surface area contributed by atoms with Gasteiger partial charge in [0.15, 0.2) is 0 Å². The molecular formula is C32H91Y6-7. The average Bonchev–Trinajstić information content (AvgIpc) is 2.75. The predicted molar refractivity (Wildman–Crippen MR) is 181 cm³/mol. The van der Waals surface area contributed by atoms with E-state index in [-0.39, 0.29) is 241 Å². The molecule has 0 aromatic rings. The molecule has 0 nitrogen and oxygen atoms in total. The summed E-state index contributed by atoms with van der Waals surface area (Å²) in [5.74, 6) is 0. The van der Waals surface area contributed by atoms with Crippen LogP contribution in [0.1, 0.15) is 171 Å². The van der Waals surface area contributed by atoms with Gasteiger partial charge in [0.25, 0.3) is 0 Å². The van der Waals surface area contributed by atoms with Crippen LogP contribution in [0.5, 0.6) is 0 Å². The zero-order chi connectivity index (χ0) is 24.8. The van der Waals surface area contributed by atoms with Gasteiger partial charge in [-0.15, -0.1) is 0 Å². The van der Waals surface area contributed by atoms with E-state index in [4.69, 9.17) is 0 Å². The van der Waals surface area contributed by atoms with Crippen LogP contribution in [-0.2, 0) is 196 Å². The van der Waals surface area contributed by atoms with Crippen molar-refractivity contribution >= 4 is 0 Å². The molecule has 0 aromatic carbocycles. The van der Waals surface area contributed by atoms with Gasteiger partial charge < -0.3 is 51.5 Å². The number of rotatable bonds is 0. The number of hydrogen-bond donors (Lipinski definition) is 0. The molecule has 0 unspecified atom stereocenters. The fourth-order valence-corrected chi connectivity index (χ4v) is 0. The van der Waals surface area contributed by atoms with Gasteiger partial charge in [-0.2, -0.15) is 6.92 Å². The molecule has 0 saturated carbocycles. The molecule has 0 amide bonds. The molecule has 0 spiro atoms. The second kappa shape index (κ2) is 702. The Hall–Kier alpha value is 6.62. The molecule has 0 saturated heterocycles. The van der Waals surface area contributed by atoms with Crippen molar-refractivity contribution in [3.05, 3.63) is 51.5 Å². The van der Waals surface area contributed by atoms with E-state index in [2.05, 4.69) is 62.3 Å². The molecule has 0 aliphatic carbocycles. The largest absolute Gasteiger partial charge is 0.358 e. The maximum atomic E-state index is 3.25. The normalized spacial score (nSPS) is 3.00. The molecule has 6 radical (unpaired) electrons. The molecule has 6 heteroatoms. The Labute approximate surface area is 410 Å². The Kier molecular flexibility index (Phi) is 3360. The third-order valence-electron chi connectivity index (χ3n) is 0. The van der Waals surface area contributed by atoms with Crippen molar-refractivity contribution in [2.75, 3.05) is 0 Å². The first-order chi connectivity index (χ1) is 12.7. The topological polar surface area (TPSA) is 0 Å². The first-order valence-electron chi connectivity index (χ1n) is 12.4. The Balaban J connectivity index is -0.00000000302. The van der Waals surface area contributed by atoms with Crippen molar-refractivity contribution in [2.45, 2.75) is 171 Å². The summed E-state index contributed by atoms with van der Waals surface area (Å²) in [7, 11) is 0.